The third-order valence-electron chi connectivity index (χ3n) is 6.12. The lowest BCUT2D eigenvalue weighted by Crippen LogP contribution is -2.39. The zero-order chi connectivity index (χ0) is 15.4. The monoisotopic (exact) mass is 365 g/mol. The molecule has 3 saturated carbocycles. The Kier molecular flexibility index (Phi) is 3.51. The second kappa shape index (κ2) is 5.29. The highest BCUT2D eigenvalue weighted by atomic mass is 79.9. The van der Waals surface area contributed by atoms with E-state index in [4.69, 9.17) is 0 Å². The molecule has 0 spiro atoms. The van der Waals surface area contributed by atoms with Gasteiger partial charge in [-0.2, -0.15) is 0 Å². The Morgan fingerprint density at radius 3 is 2.55 bits per heavy atom. The largest absolute Gasteiger partial charge is 0.294 e. The third-order valence-corrected chi connectivity index (χ3v) is 7.26. The van der Waals surface area contributed by atoms with Crippen LogP contribution in [0, 0.1) is 23.7 Å². The Labute approximate surface area is 138 Å². The Balaban J connectivity index is 1.76. The molecule has 0 aromatic rings. The van der Waals surface area contributed by atoms with Gasteiger partial charge in [-0.05, 0) is 49.9 Å². The minimum atomic E-state index is -0.323. The van der Waals surface area contributed by atoms with Gasteiger partial charge in [0, 0.05) is 28.3 Å². The highest BCUT2D eigenvalue weighted by Gasteiger charge is 2.55. The van der Waals surface area contributed by atoms with Crippen LogP contribution in [0.15, 0.2) is 11.1 Å². The van der Waals surface area contributed by atoms with Crippen molar-refractivity contribution in [1.29, 1.82) is 0 Å². The van der Waals surface area contributed by atoms with Crippen LogP contribution in [0.2, 0.25) is 0 Å². The first kappa shape index (κ1) is 14.6. The summed E-state index contributed by atoms with van der Waals surface area (Å²) in [6, 6.07) is 0. The van der Waals surface area contributed by atoms with Gasteiger partial charge >= 0.3 is 0 Å². The summed E-state index contributed by atoms with van der Waals surface area (Å²) in [6.45, 7) is 0. The molecule has 4 fully saturated rings. The Morgan fingerprint density at radius 1 is 0.955 bits per heavy atom. The molecule has 22 heavy (non-hydrogen) atoms. The van der Waals surface area contributed by atoms with Crippen LogP contribution in [-0.2, 0) is 14.4 Å². The fourth-order valence-electron chi connectivity index (χ4n) is 5.27. The van der Waals surface area contributed by atoms with E-state index in [1.54, 1.807) is 0 Å². The summed E-state index contributed by atoms with van der Waals surface area (Å²) >= 11 is 3.82. The Bertz CT molecular complexity index is 597. The number of Topliss-reactive ketones (excluding diaryl/α,β-unsaturated/α-hetero) is 1. The number of carbonyl (C=O) groups is 3. The van der Waals surface area contributed by atoms with E-state index in [-0.39, 0.29) is 29.4 Å². The van der Waals surface area contributed by atoms with E-state index in [1.807, 2.05) is 0 Å². The van der Waals surface area contributed by atoms with Crippen molar-refractivity contribution in [3.63, 3.8) is 0 Å². The SMILES string of the molecule is O=C1CC/C(=C2\C(=O)C3CCC(Br)C4CCCC2C34)C(=O)N1. The predicted octanol–water partition coefficient (Wildman–Crippen LogP) is 2.51. The second-order valence-electron chi connectivity index (χ2n) is 7.11. The number of rotatable bonds is 0. The predicted molar refractivity (Wildman–Crippen MR) is 84.2 cm³/mol. The van der Waals surface area contributed by atoms with Crippen molar-refractivity contribution in [3.8, 4) is 0 Å². The van der Waals surface area contributed by atoms with Gasteiger partial charge in [-0.3, -0.25) is 19.7 Å². The second-order valence-corrected chi connectivity index (χ2v) is 8.29. The molecule has 0 radical (unpaired) electrons. The topological polar surface area (TPSA) is 63.2 Å². The highest BCUT2D eigenvalue weighted by Crippen LogP contribution is 2.57. The fourth-order valence-corrected chi connectivity index (χ4v) is 6.16. The van der Waals surface area contributed by atoms with Crippen molar-refractivity contribution in [2.24, 2.45) is 23.7 Å². The zero-order valence-electron chi connectivity index (χ0n) is 12.4. The van der Waals surface area contributed by atoms with E-state index in [0.717, 1.165) is 31.3 Å². The lowest BCUT2D eigenvalue weighted by atomic mass is 9.64. The number of alkyl halides is 1. The molecule has 0 bridgehead atoms. The van der Waals surface area contributed by atoms with Gasteiger partial charge in [0.1, 0.15) is 0 Å². The van der Waals surface area contributed by atoms with Crippen LogP contribution in [-0.4, -0.2) is 22.4 Å². The van der Waals surface area contributed by atoms with E-state index in [2.05, 4.69) is 21.2 Å². The summed E-state index contributed by atoms with van der Waals surface area (Å²) < 4.78 is 0. The van der Waals surface area contributed by atoms with E-state index in [9.17, 15) is 14.4 Å². The lowest BCUT2D eigenvalue weighted by Gasteiger charge is -2.43. The molecule has 4 nitrogen and oxygen atoms in total. The molecule has 1 N–H and O–H groups in total. The summed E-state index contributed by atoms with van der Waals surface area (Å²) in [5.74, 6) is 0.985. The minimum Gasteiger partial charge on any atom is -0.294 e. The van der Waals surface area contributed by atoms with Crippen LogP contribution in [0.1, 0.15) is 44.9 Å². The molecular formula is C17H20BrNO3. The van der Waals surface area contributed by atoms with Crippen molar-refractivity contribution in [2.75, 3.05) is 0 Å². The van der Waals surface area contributed by atoms with Gasteiger partial charge in [-0.1, -0.05) is 22.4 Å². The van der Waals surface area contributed by atoms with Gasteiger partial charge in [-0.15, -0.1) is 0 Å². The third kappa shape index (κ3) is 2.04. The van der Waals surface area contributed by atoms with Gasteiger partial charge in [0.25, 0.3) is 5.91 Å². The van der Waals surface area contributed by atoms with Gasteiger partial charge in [0.2, 0.25) is 5.91 Å². The molecule has 4 rings (SSSR count). The van der Waals surface area contributed by atoms with Gasteiger partial charge in [0.05, 0.1) is 0 Å². The molecular weight excluding hydrogens is 346 g/mol. The standard InChI is InChI=1S/C17H20BrNO3/c18-12-6-4-10-14-8(12)2-1-3-9(14)15(16(10)21)11-5-7-13(20)19-17(11)22/h8-10,12,14H,1-7H2,(H,19,20,22)/b15-11+. The number of allylic oxidation sites excluding steroid dienone is 1. The van der Waals surface area contributed by atoms with Crippen LogP contribution in [0.25, 0.3) is 0 Å². The molecule has 1 heterocycles. The molecule has 2 amide bonds. The van der Waals surface area contributed by atoms with E-state index in [0.29, 0.717) is 35.1 Å². The van der Waals surface area contributed by atoms with Crippen LogP contribution in [0.5, 0.6) is 0 Å². The average molecular weight is 366 g/mol. The summed E-state index contributed by atoms with van der Waals surface area (Å²) in [5.41, 5.74) is 1.39. The first-order chi connectivity index (χ1) is 10.6. The number of halogens is 1. The highest BCUT2D eigenvalue weighted by molar-refractivity contribution is 9.09. The number of piperidine rings is 1. The number of hydrogen-bond acceptors (Lipinski definition) is 3. The van der Waals surface area contributed by atoms with E-state index in [1.165, 1.54) is 6.42 Å². The quantitative estimate of drug-likeness (QED) is 0.407. The van der Waals surface area contributed by atoms with E-state index < -0.39 is 0 Å². The average Bonchev–Trinajstić information content (AvgIpc) is 2.77. The first-order valence-electron chi connectivity index (χ1n) is 8.33. The molecule has 1 saturated heterocycles. The number of carbonyl (C=O) groups excluding carboxylic acids is 3. The number of amides is 2. The van der Waals surface area contributed by atoms with Crippen LogP contribution in [0.3, 0.4) is 0 Å². The summed E-state index contributed by atoms with van der Waals surface area (Å²) in [7, 11) is 0. The maximum atomic E-state index is 13.0. The lowest BCUT2D eigenvalue weighted by molar-refractivity contribution is -0.130. The van der Waals surface area contributed by atoms with Crippen molar-refractivity contribution >= 4 is 33.5 Å². The maximum absolute atomic E-state index is 13.0. The number of ketones is 1. The number of hydrogen-bond donors (Lipinski definition) is 1. The van der Waals surface area contributed by atoms with Gasteiger partial charge in [-0.25, -0.2) is 0 Å². The molecule has 0 aromatic heterocycles. The summed E-state index contributed by atoms with van der Waals surface area (Å²) in [6.07, 6.45) is 6.08. The molecule has 0 aromatic carbocycles. The first-order valence-corrected chi connectivity index (χ1v) is 9.25. The Morgan fingerprint density at radius 2 is 1.77 bits per heavy atom. The minimum absolute atomic E-state index is 0.108. The van der Waals surface area contributed by atoms with Crippen LogP contribution in [0.4, 0.5) is 0 Å². The molecule has 118 valence electrons. The summed E-state index contributed by atoms with van der Waals surface area (Å²) in [4.78, 5) is 37.1. The van der Waals surface area contributed by atoms with E-state index >= 15 is 0 Å². The van der Waals surface area contributed by atoms with Crippen molar-refractivity contribution in [2.45, 2.75) is 49.8 Å². The maximum Gasteiger partial charge on any atom is 0.254 e. The zero-order valence-corrected chi connectivity index (χ0v) is 14.0. The van der Waals surface area contributed by atoms with Crippen LogP contribution < -0.4 is 5.32 Å². The molecule has 3 aliphatic carbocycles. The van der Waals surface area contributed by atoms with Crippen molar-refractivity contribution in [3.05, 3.63) is 11.1 Å². The van der Waals surface area contributed by atoms with Gasteiger partial charge in [0.15, 0.2) is 5.78 Å². The number of nitrogens with one attached hydrogen (secondary N) is 1. The van der Waals surface area contributed by atoms with Crippen molar-refractivity contribution < 1.29 is 14.4 Å². The fraction of sp³-hybridized carbons (Fsp3) is 0.706. The Hall–Kier alpha value is -0.970. The smallest absolute Gasteiger partial charge is 0.254 e. The molecule has 5 atom stereocenters. The van der Waals surface area contributed by atoms with Gasteiger partial charge < -0.3 is 0 Å². The normalized spacial score (nSPS) is 44.8. The van der Waals surface area contributed by atoms with Crippen LogP contribution >= 0.6 is 15.9 Å². The summed E-state index contributed by atoms with van der Waals surface area (Å²) in [5, 5.41) is 2.39. The molecule has 5 unspecified atom stereocenters. The molecule has 5 heteroatoms. The van der Waals surface area contributed by atoms with Crippen molar-refractivity contribution in [1.82, 2.24) is 5.32 Å². The molecule has 1 aliphatic heterocycles. The molecule has 4 aliphatic rings. The number of imide groups is 1.